The maximum atomic E-state index is 12.8. The number of fused-ring (bicyclic) bond motifs is 1. The molecule has 0 saturated carbocycles. The second-order valence-electron chi connectivity index (χ2n) is 8.01. The minimum atomic E-state index is -2.33. The number of H-pyrrole nitrogens is 1. The van der Waals surface area contributed by atoms with Crippen molar-refractivity contribution >= 4 is 34.5 Å². The van der Waals surface area contributed by atoms with Crippen LogP contribution in [0.5, 0.6) is 5.88 Å². The Bertz CT molecular complexity index is 1150. The first-order chi connectivity index (χ1) is 15.7. The van der Waals surface area contributed by atoms with Crippen molar-refractivity contribution in [2.75, 3.05) is 6.54 Å². The number of halogens is 1. The number of ether oxygens (including phenoxy) is 1. The highest BCUT2D eigenvalue weighted by Crippen LogP contribution is 2.26. The van der Waals surface area contributed by atoms with Gasteiger partial charge in [-0.2, -0.15) is 0 Å². The summed E-state index contributed by atoms with van der Waals surface area (Å²) in [7, 11) is 0. The number of benzene rings is 2. The highest BCUT2D eigenvalue weighted by molar-refractivity contribution is 6.31. The highest BCUT2D eigenvalue weighted by Gasteiger charge is 2.44. The summed E-state index contributed by atoms with van der Waals surface area (Å²) in [6.07, 6.45) is -2.14. The second-order valence-corrected chi connectivity index (χ2v) is 8.44. The third kappa shape index (κ3) is 5.28. The van der Waals surface area contributed by atoms with Crippen LogP contribution in [0.2, 0.25) is 5.02 Å². The Balaban J connectivity index is 1.50. The van der Waals surface area contributed by atoms with E-state index in [4.69, 9.17) is 16.3 Å². The molecule has 0 aliphatic carbocycles. The molecule has 0 radical (unpaired) electrons. The predicted octanol–water partition coefficient (Wildman–Crippen LogP) is 2.14. The third-order valence-electron chi connectivity index (χ3n) is 5.59. The first-order valence-electron chi connectivity index (χ1n) is 10.5. The summed E-state index contributed by atoms with van der Waals surface area (Å²) < 4.78 is 5.32. The highest BCUT2D eigenvalue weighted by atomic mass is 35.5. The zero-order valence-electron chi connectivity index (χ0n) is 17.6. The molecular formula is C23H24ClN3O6. The number of hydrogen-bond acceptors (Lipinski definition) is 6. The average molecular weight is 474 g/mol. The fraction of sp³-hybridized carbons (Fsp3) is 0.304. The molecule has 2 aromatic carbocycles. The zero-order valence-corrected chi connectivity index (χ0v) is 18.3. The van der Waals surface area contributed by atoms with Crippen molar-refractivity contribution in [1.82, 2.24) is 15.2 Å². The van der Waals surface area contributed by atoms with Gasteiger partial charge in [0.05, 0.1) is 6.04 Å². The summed E-state index contributed by atoms with van der Waals surface area (Å²) in [6.45, 7) is 0.0863. The molecular weight excluding hydrogens is 450 g/mol. The molecule has 4 rings (SSSR count). The fourth-order valence-electron chi connectivity index (χ4n) is 3.93. The van der Waals surface area contributed by atoms with Crippen molar-refractivity contribution in [3.63, 3.8) is 0 Å². The van der Waals surface area contributed by atoms with Crippen LogP contribution in [0.4, 0.5) is 4.79 Å². The Morgan fingerprint density at radius 2 is 1.94 bits per heavy atom. The van der Waals surface area contributed by atoms with Crippen molar-refractivity contribution < 1.29 is 29.6 Å². The van der Waals surface area contributed by atoms with Crippen LogP contribution in [-0.2, 0) is 11.2 Å². The van der Waals surface area contributed by atoms with Gasteiger partial charge in [-0.1, -0.05) is 41.9 Å². The van der Waals surface area contributed by atoms with Gasteiger partial charge in [0, 0.05) is 35.0 Å². The molecule has 1 aliphatic heterocycles. The molecule has 1 fully saturated rings. The van der Waals surface area contributed by atoms with E-state index in [0.29, 0.717) is 11.4 Å². The molecule has 1 aromatic heterocycles. The first-order valence-corrected chi connectivity index (χ1v) is 10.9. The molecule has 2 heterocycles. The van der Waals surface area contributed by atoms with Crippen LogP contribution in [-0.4, -0.2) is 61.8 Å². The molecule has 0 unspecified atom stereocenters. The van der Waals surface area contributed by atoms with Gasteiger partial charge < -0.3 is 30.4 Å². The van der Waals surface area contributed by atoms with Crippen LogP contribution in [0.25, 0.3) is 10.9 Å². The lowest BCUT2D eigenvalue weighted by atomic mass is 10.0. The van der Waals surface area contributed by atoms with Crippen LogP contribution in [0.3, 0.4) is 0 Å². The standard InChI is InChI=1S/C23H24ClN3O6/c24-16-7-8-17-15(12-16)13-19(25-17)33-22(30)26-18(11-14-5-2-1-3-6-14)20(28)21(29)27-10-4-9-23(27,31)32/h1-3,5-8,12-13,18,20,25,28,31-32H,4,9-11H2,(H,26,30)/t18-,20+/m0/s1. The van der Waals surface area contributed by atoms with Crippen LogP contribution >= 0.6 is 11.6 Å². The fourth-order valence-corrected chi connectivity index (χ4v) is 4.11. The number of aromatic nitrogens is 1. The SMILES string of the molecule is O=C(N[C@@H](Cc1ccccc1)[C@@H](O)C(=O)N1CCCC1(O)O)Oc1cc2cc(Cl)ccc2[nH]1. The van der Waals surface area contributed by atoms with Crippen molar-refractivity contribution in [3.05, 3.63) is 65.2 Å². The number of nitrogens with one attached hydrogen (secondary N) is 2. The van der Waals surface area contributed by atoms with Crippen molar-refractivity contribution in [3.8, 4) is 5.88 Å². The molecule has 33 heavy (non-hydrogen) atoms. The molecule has 3 aromatic rings. The number of aliphatic hydroxyl groups is 3. The van der Waals surface area contributed by atoms with E-state index in [0.717, 1.165) is 21.4 Å². The van der Waals surface area contributed by atoms with Crippen molar-refractivity contribution in [1.29, 1.82) is 0 Å². The first kappa shape index (κ1) is 23.1. The average Bonchev–Trinajstić information content (AvgIpc) is 3.33. The minimum Gasteiger partial charge on any atom is -0.393 e. The van der Waals surface area contributed by atoms with E-state index in [-0.39, 0.29) is 25.3 Å². The van der Waals surface area contributed by atoms with Crippen LogP contribution in [0.1, 0.15) is 18.4 Å². The van der Waals surface area contributed by atoms with E-state index < -0.39 is 30.1 Å². The summed E-state index contributed by atoms with van der Waals surface area (Å²) in [5.74, 6) is -3.06. The Hall–Kier alpha value is -3.11. The monoisotopic (exact) mass is 473 g/mol. The summed E-state index contributed by atoms with van der Waals surface area (Å²) in [6, 6.07) is 14.7. The Kier molecular flexibility index (Phi) is 6.57. The van der Waals surface area contributed by atoms with Crippen LogP contribution in [0.15, 0.2) is 54.6 Å². The number of nitrogens with zero attached hydrogens (tertiary/aromatic N) is 1. The normalized spacial score (nSPS) is 17.0. The number of hydrogen-bond donors (Lipinski definition) is 5. The number of carbonyl (C=O) groups is 2. The van der Waals surface area contributed by atoms with Crippen LogP contribution in [0, 0.1) is 0 Å². The lowest BCUT2D eigenvalue weighted by Crippen LogP contribution is -2.57. The summed E-state index contributed by atoms with van der Waals surface area (Å²) in [4.78, 5) is 29.2. The Labute approximate surface area is 194 Å². The number of aromatic amines is 1. The van der Waals surface area contributed by atoms with Crippen molar-refractivity contribution in [2.24, 2.45) is 0 Å². The number of rotatable bonds is 6. The van der Waals surface area contributed by atoms with Gasteiger partial charge in [0.15, 0.2) is 6.10 Å². The van der Waals surface area contributed by atoms with Gasteiger partial charge >= 0.3 is 6.09 Å². The minimum absolute atomic E-state index is 0.0192. The number of aliphatic hydroxyl groups excluding tert-OH is 1. The number of likely N-dealkylation sites (tertiary alicyclic amines) is 1. The van der Waals surface area contributed by atoms with Gasteiger partial charge in [-0.05, 0) is 36.6 Å². The lowest BCUT2D eigenvalue weighted by Gasteiger charge is -2.32. The molecule has 2 amide bonds. The number of amides is 2. The van der Waals surface area contributed by atoms with Gasteiger partial charge in [0.2, 0.25) is 11.8 Å². The van der Waals surface area contributed by atoms with E-state index >= 15 is 0 Å². The molecule has 1 saturated heterocycles. The van der Waals surface area contributed by atoms with E-state index in [1.807, 2.05) is 6.07 Å². The Morgan fingerprint density at radius 1 is 1.18 bits per heavy atom. The van der Waals surface area contributed by atoms with Crippen molar-refractivity contribution in [2.45, 2.75) is 37.3 Å². The molecule has 2 atom stereocenters. The summed E-state index contributed by atoms with van der Waals surface area (Å²) in [5, 5.41) is 34.7. The van der Waals surface area contributed by atoms with Gasteiger partial charge in [0.25, 0.3) is 5.91 Å². The largest absolute Gasteiger partial charge is 0.414 e. The van der Waals surface area contributed by atoms with E-state index in [1.54, 1.807) is 48.5 Å². The second kappa shape index (κ2) is 9.40. The smallest absolute Gasteiger partial charge is 0.393 e. The molecule has 5 N–H and O–H groups in total. The van der Waals surface area contributed by atoms with E-state index in [9.17, 15) is 24.9 Å². The van der Waals surface area contributed by atoms with Gasteiger partial charge in [0.1, 0.15) is 0 Å². The quantitative estimate of drug-likeness (QED) is 0.348. The Morgan fingerprint density at radius 3 is 2.64 bits per heavy atom. The molecule has 174 valence electrons. The van der Waals surface area contributed by atoms with Gasteiger partial charge in [-0.3, -0.25) is 9.69 Å². The van der Waals surface area contributed by atoms with E-state index in [2.05, 4.69) is 10.3 Å². The topological polar surface area (TPSA) is 135 Å². The maximum absolute atomic E-state index is 12.8. The predicted molar refractivity (Wildman–Crippen MR) is 121 cm³/mol. The third-order valence-corrected chi connectivity index (χ3v) is 5.82. The molecule has 0 spiro atoms. The summed E-state index contributed by atoms with van der Waals surface area (Å²) in [5.41, 5.74) is 1.48. The molecule has 0 bridgehead atoms. The van der Waals surface area contributed by atoms with Crippen LogP contribution < -0.4 is 10.1 Å². The maximum Gasteiger partial charge on any atom is 0.414 e. The lowest BCUT2D eigenvalue weighted by molar-refractivity contribution is -0.243. The molecule has 10 heteroatoms. The van der Waals surface area contributed by atoms with Gasteiger partial charge in [-0.15, -0.1) is 0 Å². The zero-order chi connectivity index (χ0) is 23.6. The molecule has 1 aliphatic rings. The summed E-state index contributed by atoms with van der Waals surface area (Å²) >= 11 is 5.98. The number of carbonyl (C=O) groups excluding carboxylic acids is 2. The molecule has 9 nitrogen and oxygen atoms in total. The van der Waals surface area contributed by atoms with Gasteiger partial charge in [-0.25, -0.2) is 4.79 Å². The van der Waals surface area contributed by atoms with E-state index in [1.165, 1.54) is 0 Å².